The molecule has 0 aromatic heterocycles. The van der Waals surface area contributed by atoms with Crippen molar-refractivity contribution in [2.24, 2.45) is 0 Å². The van der Waals surface area contributed by atoms with Crippen LogP contribution in [0.1, 0.15) is 12.8 Å². The summed E-state index contributed by atoms with van der Waals surface area (Å²) in [7, 11) is -5.24. The highest BCUT2D eigenvalue weighted by Gasteiger charge is 2.43. The summed E-state index contributed by atoms with van der Waals surface area (Å²) in [5.41, 5.74) is -0.378. The van der Waals surface area contributed by atoms with Crippen molar-refractivity contribution in [3.63, 3.8) is 0 Å². The third kappa shape index (κ3) is 5.12. The molecule has 1 aliphatic rings. The summed E-state index contributed by atoms with van der Waals surface area (Å²) in [5, 5.41) is 9.61. The van der Waals surface area contributed by atoms with Crippen molar-refractivity contribution in [3.05, 3.63) is 64.0 Å². The van der Waals surface area contributed by atoms with E-state index in [1.165, 1.54) is 0 Å². The van der Waals surface area contributed by atoms with Crippen molar-refractivity contribution in [2.75, 3.05) is 0 Å². The van der Waals surface area contributed by atoms with Gasteiger partial charge in [0, 0.05) is 23.9 Å². The Morgan fingerprint density at radius 3 is 2.46 bits per heavy atom. The Bertz CT molecular complexity index is 921. The molecular formula is C17H14ClF5O4S. The second-order valence-electron chi connectivity index (χ2n) is 5.94. The molecule has 1 aliphatic carbocycles. The average Bonchev–Trinajstić information content (AvgIpc) is 2.58. The highest BCUT2D eigenvalue weighted by Crippen LogP contribution is 2.36. The quantitative estimate of drug-likeness (QED) is 0.689. The van der Waals surface area contributed by atoms with Gasteiger partial charge in [-0.3, -0.25) is 0 Å². The summed E-state index contributed by atoms with van der Waals surface area (Å²) in [6.45, 7) is 3.39. The van der Waals surface area contributed by atoms with Crippen LogP contribution in [0.3, 0.4) is 0 Å². The van der Waals surface area contributed by atoms with Crippen LogP contribution in [0.2, 0.25) is 5.02 Å². The molecule has 2 rings (SSSR count). The minimum Gasteiger partial charge on any atom is -0.457 e. The minimum atomic E-state index is -5.24. The first kappa shape index (κ1) is 22.4. The minimum absolute atomic E-state index is 0.0680. The molecule has 0 heterocycles. The van der Waals surface area contributed by atoms with Crippen LogP contribution in [0, 0.1) is 5.82 Å². The highest BCUT2D eigenvalue weighted by atomic mass is 35.5. The van der Waals surface area contributed by atoms with Gasteiger partial charge in [-0.2, -0.15) is 8.78 Å². The molecule has 1 aromatic rings. The van der Waals surface area contributed by atoms with Gasteiger partial charge in [0.25, 0.3) is 5.92 Å². The van der Waals surface area contributed by atoms with E-state index in [1.807, 2.05) is 0 Å². The van der Waals surface area contributed by atoms with Crippen molar-refractivity contribution in [3.8, 4) is 5.75 Å². The number of allylic oxidation sites excluding steroid dienone is 3. The Hall–Kier alpha value is -1.91. The molecule has 1 atom stereocenters. The zero-order valence-electron chi connectivity index (χ0n) is 14.0. The summed E-state index contributed by atoms with van der Waals surface area (Å²) in [4.78, 5) is -1.11. The Morgan fingerprint density at radius 2 is 1.89 bits per heavy atom. The predicted octanol–water partition coefficient (Wildman–Crippen LogP) is 4.61. The van der Waals surface area contributed by atoms with E-state index in [-0.39, 0.29) is 16.3 Å². The number of aliphatic hydroxyl groups excluding tert-OH is 1. The summed E-state index contributed by atoms with van der Waals surface area (Å²) in [5.74, 6) is -9.21. The Kier molecular flexibility index (Phi) is 6.57. The molecule has 0 spiro atoms. The van der Waals surface area contributed by atoms with Gasteiger partial charge < -0.3 is 9.84 Å². The molecule has 0 fully saturated rings. The molecule has 1 unspecified atom stereocenters. The number of aliphatic hydroxyl groups is 1. The van der Waals surface area contributed by atoms with Crippen molar-refractivity contribution >= 4 is 21.4 Å². The maximum Gasteiger partial charge on any atom is 0.340 e. The fraction of sp³-hybridized carbons (Fsp3) is 0.294. The summed E-state index contributed by atoms with van der Waals surface area (Å²) in [6.07, 6.45) is -3.49. The van der Waals surface area contributed by atoms with Crippen LogP contribution in [0.4, 0.5) is 22.0 Å². The second kappa shape index (κ2) is 8.22. The lowest BCUT2D eigenvalue weighted by atomic mass is 10.0. The van der Waals surface area contributed by atoms with Crippen LogP contribution in [-0.4, -0.2) is 31.3 Å². The van der Waals surface area contributed by atoms with Crippen molar-refractivity contribution in [1.29, 1.82) is 0 Å². The number of alkyl halides is 4. The first-order valence-corrected chi connectivity index (χ1v) is 9.56. The maximum absolute atomic E-state index is 14.2. The standard InChI is InChI=1S/C17H14ClF5O4S/c1-9-8-17(22,23)15(24)7-13(28(25,26)16(20)21)2-3-14(9)27-12-5-10(18)4-11(19)6-12/h2-6,15-16,24H,1,7-8H2/b13-2+,14-3+. The number of halogens is 6. The topological polar surface area (TPSA) is 63.6 Å². The molecule has 4 nitrogen and oxygen atoms in total. The van der Waals surface area contributed by atoms with Gasteiger partial charge in [-0.1, -0.05) is 18.2 Å². The normalized spacial score (nSPS) is 24.4. The van der Waals surface area contributed by atoms with E-state index in [2.05, 4.69) is 6.58 Å². The number of hydrogen-bond acceptors (Lipinski definition) is 4. The lowest BCUT2D eigenvalue weighted by Crippen LogP contribution is -2.35. The van der Waals surface area contributed by atoms with E-state index in [0.29, 0.717) is 6.08 Å². The molecule has 1 N–H and O–H groups in total. The zero-order chi connectivity index (χ0) is 21.3. The molecule has 0 bridgehead atoms. The summed E-state index contributed by atoms with van der Waals surface area (Å²) >= 11 is 5.68. The number of benzene rings is 1. The smallest absolute Gasteiger partial charge is 0.340 e. The monoisotopic (exact) mass is 444 g/mol. The van der Waals surface area contributed by atoms with Gasteiger partial charge in [-0.15, -0.1) is 0 Å². The Labute approximate surface area is 162 Å². The van der Waals surface area contributed by atoms with Gasteiger partial charge in [0.15, 0.2) is 0 Å². The number of hydrogen-bond donors (Lipinski definition) is 1. The largest absolute Gasteiger partial charge is 0.457 e. The van der Waals surface area contributed by atoms with Crippen molar-refractivity contribution in [1.82, 2.24) is 0 Å². The fourth-order valence-electron chi connectivity index (χ4n) is 2.33. The van der Waals surface area contributed by atoms with E-state index in [0.717, 1.165) is 24.3 Å². The molecule has 0 amide bonds. The van der Waals surface area contributed by atoms with E-state index in [4.69, 9.17) is 16.3 Å². The van der Waals surface area contributed by atoms with Gasteiger partial charge in [-0.25, -0.2) is 21.6 Å². The van der Waals surface area contributed by atoms with Crippen LogP contribution >= 0.6 is 11.6 Å². The lowest BCUT2D eigenvalue weighted by molar-refractivity contribution is -0.105. The van der Waals surface area contributed by atoms with Crippen molar-refractivity contribution in [2.45, 2.75) is 30.6 Å². The SMILES string of the molecule is C=C1CC(F)(F)C(O)C/C(S(=O)(=O)C(F)F)=C\C=C/1Oc1cc(F)cc(Cl)c1. The number of ether oxygens (including phenoxy) is 1. The van der Waals surface area contributed by atoms with Crippen LogP contribution in [0.15, 0.2) is 53.2 Å². The molecule has 28 heavy (non-hydrogen) atoms. The van der Waals surface area contributed by atoms with Crippen LogP contribution in [-0.2, 0) is 9.84 Å². The molecule has 11 heteroatoms. The first-order valence-electron chi connectivity index (χ1n) is 7.64. The third-order valence-electron chi connectivity index (χ3n) is 3.76. The summed E-state index contributed by atoms with van der Waals surface area (Å²) in [6, 6.07) is 2.98. The van der Waals surface area contributed by atoms with E-state index in [9.17, 15) is 35.5 Å². The van der Waals surface area contributed by atoms with Crippen LogP contribution in [0.5, 0.6) is 5.75 Å². The molecule has 0 saturated carbocycles. The van der Waals surface area contributed by atoms with Crippen LogP contribution < -0.4 is 4.74 Å². The average molecular weight is 445 g/mol. The van der Waals surface area contributed by atoms with Gasteiger partial charge in [0.05, 0.1) is 4.91 Å². The zero-order valence-corrected chi connectivity index (χ0v) is 15.6. The van der Waals surface area contributed by atoms with Gasteiger partial charge >= 0.3 is 5.76 Å². The van der Waals surface area contributed by atoms with Gasteiger partial charge in [0.2, 0.25) is 9.84 Å². The highest BCUT2D eigenvalue weighted by molar-refractivity contribution is 7.95. The van der Waals surface area contributed by atoms with Gasteiger partial charge in [-0.05, 0) is 29.9 Å². The Balaban J connectivity index is 2.54. The van der Waals surface area contributed by atoms with E-state index < -0.39 is 56.9 Å². The Morgan fingerprint density at radius 1 is 1.25 bits per heavy atom. The fourth-order valence-corrected chi connectivity index (χ4v) is 3.42. The van der Waals surface area contributed by atoms with Crippen LogP contribution in [0.25, 0.3) is 0 Å². The van der Waals surface area contributed by atoms with E-state index >= 15 is 0 Å². The first-order chi connectivity index (χ1) is 12.8. The molecule has 0 aliphatic heterocycles. The van der Waals surface area contributed by atoms with Gasteiger partial charge in [0.1, 0.15) is 23.4 Å². The lowest BCUT2D eigenvalue weighted by Gasteiger charge is -2.24. The second-order valence-corrected chi connectivity index (χ2v) is 8.35. The number of sulfone groups is 1. The van der Waals surface area contributed by atoms with E-state index in [1.54, 1.807) is 0 Å². The molecule has 1 aromatic carbocycles. The molecular weight excluding hydrogens is 431 g/mol. The number of rotatable bonds is 4. The third-order valence-corrected chi connectivity index (χ3v) is 5.49. The van der Waals surface area contributed by atoms with Crippen molar-refractivity contribution < 1.29 is 40.2 Å². The molecule has 0 saturated heterocycles. The predicted molar refractivity (Wildman–Crippen MR) is 92.5 cm³/mol. The summed E-state index contributed by atoms with van der Waals surface area (Å²) < 4.78 is 96.2. The maximum atomic E-state index is 14.2. The molecule has 0 radical (unpaired) electrons. The molecule has 154 valence electrons.